The first-order valence-corrected chi connectivity index (χ1v) is 7.82. The molecule has 0 saturated heterocycles. The molecule has 1 nitrogen and oxygen atoms in total. The van der Waals surface area contributed by atoms with Gasteiger partial charge in [0.1, 0.15) is 0 Å². The number of hydrogen-bond donors (Lipinski definition) is 1. The lowest BCUT2D eigenvalue weighted by atomic mass is 9.84. The SMILES string of the molecule is CCC1CCC(Nc2cc(C(F)(F)F)ccc2Br)CC1. The first kappa shape index (κ1) is 15.7. The Bertz CT molecular complexity index is 451. The zero-order valence-electron chi connectivity index (χ0n) is 11.4. The Balaban J connectivity index is 2.06. The predicted octanol–water partition coefficient (Wildman–Crippen LogP) is 5.85. The number of rotatable bonds is 3. The summed E-state index contributed by atoms with van der Waals surface area (Å²) in [6, 6.07) is 4.03. The summed E-state index contributed by atoms with van der Waals surface area (Å²) in [6.07, 6.45) is 1.27. The van der Waals surface area contributed by atoms with Crippen LogP contribution < -0.4 is 5.32 Å². The molecule has 0 atom stereocenters. The lowest BCUT2D eigenvalue weighted by Gasteiger charge is -2.29. The zero-order chi connectivity index (χ0) is 14.8. The van der Waals surface area contributed by atoms with Gasteiger partial charge in [0.25, 0.3) is 0 Å². The van der Waals surface area contributed by atoms with Crippen molar-refractivity contribution in [2.45, 2.75) is 51.2 Å². The smallest absolute Gasteiger partial charge is 0.381 e. The van der Waals surface area contributed by atoms with E-state index in [4.69, 9.17) is 0 Å². The Morgan fingerprint density at radius 1 is 1.20 bits per heavy atom. The molecule has 0 unspecified atom stereocenters. The number of halogens is 4. The number of nitrogens with one attached hydrogen (secondary N) is 1. The number of anilines is 1. The van der Waals surface area contributed by atoms with E-state index in [0.29, 0.717) is 10.2 Å². The molecule has 0 spiro atoms. The van der Waals surface area contributed by atoms with Crippen molar-refractivity contribution < 1.29 is 13.2 Å². The van der Waals surface area contributed by atoms with E-state index in [9.17, 15) is 13.2 Å². The Morgan fingerprint density at radius 2 is 1.85 bits per heavy atom. The van der Waals surface area contributed by atoms with Gasteiger partial charge in [0.15, 0.2) is 0 Å². The van der Waals surface area contributed by atoms with Gasteiger partial charge < -0.3 is 5.32 Å². The van der Waals surface area contributed by atoms with Crippen LogP contribution in [0.4, 0.5) is 18.9 Å². The highest BCUT2D eigenvalue weighted by molar-refractivity contribution is 9.10. The van der Waals surface area contributed by atoms with Gasteiger partial charge in [-0.05, 0) is 65.7 Å². The molecule has 112 valence electrons. The van der Waals surface area contributed by atoms with Crippen molar-refractivity contribution in [3.8, 4) is 0 Å². The normalized spacial score (nSPS) is 23.6. The third-order valence-electron chi connectivity index (χ3n) is 4.08. The van der Waals surface area contributed by atoms with Crippen LogP contribution in [0.15, 0.2) is 22.7 Å². The van der Waals surface area contributed by atoms with Gasteiger partial charge in [-0.25, -0.2) is 0 Å². The van der Waals surface area contributed by atoms with Crippen LogP contribution in [-0.4, -0.2) is 6.04 Å². The molecule has 1 aliphatic carbocycles. The topological polar surface area (TPSA) is 12.0 Å². The number of hydrogen-bond acceptors (Lipinski definition) is 1. The van der Waals surface area contributed by atoms with Gasteiger partial charge in [0, 0.05) is 16.2 Å². The maximum absolute atomic E-state index is 12.7. The van der Waals surface area contributed by atoms with Crippen molar-refractivity contribution in [1.82, 2.24) is 0 Å². The van der Waals surface area contributed by atoms with Gasteiger partial charge in [-0.15, -0.1) is 0 Å². The fourth-order valence-corrected chi connectivity index (χ4v) is 3.11. The van der Waals surface area contributed by atoms with E-state index in [-0.39, 0.29) is 6.04 Å². The molecule has 5 heteroatoms. The monoisotopic (exact) mass is 349 g/mol. The summed E-state index contributed by atoms with van der Waals surface area (Å²) in [4.78, 5) is 0. The van der Waals surface area contributed by atoms with Gasteiger partial charge in [-0.1, -0.05) is 13.3 Å². The fourth-order valence-electron chi connectivity index (χ4n) is 2.75. The molecule has 0 radical (unpaired) electrons. The van der Waals surface area contributed by atoms with E-state index >= 15 is 0 Å². The van der Waals surface area contributed by atoms with Gasteiger partial charge in [-0.3, -0.25) is 0 Å². The summed E-state index contributed by atoms with van der Waals surface area (Å²) in [5, 5.41) is 3.26. The molecule has 0 aromatic heterocycles. The Labute approximate surface area is 126 Å². The lowest BCUT2D eigenvalue weighted by molar-refractivity contribution is -0.137. The van der Waals surface area contributed by atoms with Crippen LogP contribution in [0.1, 0.15) is 44.6 Å². The molecule has 0 aliphatic heterocycles. The summed E-state index contributed by atoms with van der Waals surface area (Å²) in [5.41, 5.74) is -0.0646. The quantitative estimate of drug-likeness (QED) is 0.721. The summed E-state index contributed by atoms with van der Waals surface area (Å²) in [5.74, 6) is 0.776. The summed E-state index contributed by atoms with van der Waals surface area (Å²) >= 11 is 3.32. The van der Waals surface area contributed by atoms with E-state index in [1.54, 1.807) is 0 Å². The van der Waals surface area contributed by atoms with Crippen molar-refractivity contribution >= 4 is 21.6 Å². The molecule has 0 bridgehead atoms. The molecule has 1 saturated carbocycles. The van der Waals surface area contributed by atoms with Crippen molar-refractivity contribution in [3.63, 3.8) is 0 Å². The summed E-state index contributed by atoms with van der Waals surface area (Å²) < 4.78 is 38.9. The second kappa shape index (κ2) is 6.37. The zero-order valence-corrected chi connectivity index (χ0v) is 13.0. The molecule has 1 fully saturated rings. The molecule has 20 heavy (non-hydrogen) atoms. The fraction of sp³-hybridized carbons (Fsp3) is 0.600. The average Bonchev–Trinajstić information content (AvgIpc) is 2.41. The summed E-state index contributed by atoms with van der Waals surface area (Å²) in [7, 11) is 0. The highest BCUT2D eigenvalue weighted by Crippen LogP contribution is 2.35. The maximum atomic E-state index is 12.7. The van der Waals surface area contributed by atoms with Crippen molar-refractivity contribution in [2.75, 3.05) is 5.32 Å². The van der Waals surface area contributed by atoms with Crippen LogP contribution in [-0.2, 0) is 6.18 Å². The third kappa shape index (κ3) is 3.90. The van der Waals surface area contributed by atoms with Crippen LogP contribution in [0.25, 0.3) is 0 Å². The minimum absolute atomic E-state index is 0.276. The average molecular weight is 350 g/mol. The second-order valence-corrected chi connectivity index (χ2v) is 6.32. The summed E-state index contributed by atoms with van der Waals surface area (Å²) in [6.45, 7) is 2.20. The molecular formula is C15H19BrF3N. The van der Waals surface area contributed by atoms with E-state index < -0.39 is 11.7 Å². The first-order chi connectivity index (χ1) is 9.40. The van der Waals surface area contributed by atoms with Gasteiger partial charge in [-0.2, -0.15) is 13.2 Å². The van der Waals surface area contributed by atoms with Crippen molar-refractivity contribution in [1.29, 1.82) is 0 Å². The van der Waals surface area contributed by atoms with Crippen LogP contribution in [0.3, 0.4) is 0 Å². The molecular weight excluding hydrogens is 331 g/mol. The van der Waals surface area contributed by atoms with Crippen LogP contribution >= 0.6 is 15.9 Å². The van der Waals surface area contributed by atoms with E-state index in [1.807, 2.05) is 0 Å². The minimum Gasteiger partial charge on any atom is -0.381 e. The van der Waals surface area contributed by atoms with Crippen LogP contribution in [0, 0.1) is 5.92 Å². The lowest BCUT2D eigenvalue weighted by Crippen LogP contribution is -2.26. The Morgan fingerprint density at radius 3 is 2.40 bits per heavy atom. The molecule has 0 amide bonds. The van der Waals surface area contributed by atoms with Gasteiger partial charge in [0.05, 0.1) is 5.56 Å². The standard InChI is InChI=1S/C15H19BrF3N/c1-2-10-3-6-12(7-4-10)20-14-9-11(15(17,18)19)5-8-13(14)16/h5,8-10,12,20H,2-4,6-7H2,1H3. The predicted molar refractivity (Wildman–Crippen MR) is 78.8 cm³/mol. The maximum Gasteiger partial charge on any atom is 0.416 e. The largest absolute Gasteiger partial charge is 0.416 e. The molecule has 0 heterocycles. The molecule has 1 aromatic rings. The molecule has 1 N–H and O–H groups in total. The highest BCUT2D eigenvalue weighted by atomic mass is 79.9. The van der Waals surface area contributed by atoms with E-state index in [1.165, 1.54) is 18.6 Å². The molecule has 1 aromatic carbocycles. The van der Waals surface area contributed by atoms with Crippen LogP contribution in [0.5, 0.6) is 0 Å². The second-order valence-electron chi connectivity index (χ2n) is 5.46. The van der Waals surface area contributed by atoms with E-state index in [2.05, 4.69) is 28.2 Å². The van der Waals surface area contributed by atoms with Crippen molar-refractivity contribution in [3.05, 3.63) is 28.2 Å². The van der Waals surface area contributed by atoms with E-state index in [0.717, 1.165) is 37.7 Å². The van der Waals surface area contributed by atoms with Gasteiger partial charge >= 0.3 is 6.18 Å². The number of benzene rings is 1. The minimum atomic E-state index is -4.29. The Kier molecular flexibility index (Phi) is 4.99. The highest BCUT2D eigenvalue weighted by Gasteiger charge is 2.31. The van der Waals surface area contributed by atoms with Crippen molar-refractivity contribution in [2.24, 2.45) is 5.92 Å². The number of alkyl halides is 3. The third-order valence-corrected chi connectivity index (χ3v) is 4.77. The molecule has 1 aliphatic rings. The Hall–Kier alpha value is -0.710. The van der Waals surface area contributed by atoms with Gasteiger partial charge in [0.2, 0.25) is 0 Å². The van der Waals surface area contributed by atoms with Crippen LogP contribution in [0.2, 0.25) is 0 Å². The molecule has 2 rings (SSSR count). The first-order valence-electron chi connectivity index (χ1n) is 7.03.